The van der Waals surface area contributed by atoms with Crippen molar-refractivity contribution in [3.63, 3.8) is 0 Å². The van der Waals surface area contributed by atoms with Crippen molar-refractivity contribution in [3.05, 3.63) is 59.7 Å². The number of anilines is 1. The van der Waals surface area contributed by atoms with Crippen molar-refractivity contribution >= 4 is 11.9 Å². The van der Waals surface area contributed by atoms with Crippen LogP contribution < -0.4 is 5.43 Å². The van der Waals surface area contributed by atoms with Crippen LogP contribution in [-0.4, -0.2) is 11.3 Å². The molecule has 2 aromatic carbocycles. The molecule has 20 heavy (non-hydrogen) atoms. The van der Waals surface area contributed by atoms with Crippen LogP contribution in [0.15, 0.2) is 53.6 Å². The molecule has 0 amide bonds. The summed E-state index contributed by atoms with van der Waals surface area (Å²) in [5, 5.41) is 13.3. The van der Waals surface area contributed by atoms with E-state index < -0.39 is 11.7 Å². The number of hydrogen-bond donors (Lipinski definition) is 2. The van der Waals surface area contributed by atoms with E-state index in [2.05, 4.69) is 10.5 Å². The third-order valence-corrected chi connectivity index (χ3v) is 2.52. The fraction of sp³-hybridized carbons (Fsp3) is 0.0714. The Morgan fingerprint density at radius 2 is 1.80 bits per heavy atom. The summed E-state index contributed by atoms with van der Waals surface area (Å²) in [6, 6.07) is 11.2. The summed E-state index contributed by atoms with van der Waals surface area (Å²) in [5.74, 6) is 0.0436. The average Bonchev–Trinajstić information content (AvgIpc) is 2.40. The van der Waals surface area contributed by atoms with E-state index in [1.807, 2.05) is 0 Å². The summed E-state index contributed by atoms with van der Waals surface area (Å²) in [6.07, 6.45) is -3.06. The molecular weight excluding hydrogens is 269 g/mol. The van der Waals surface area contributed by atoms with Gasteiger partial charge in [0.25, 0.3) is 0 Å². The molecule has 0 aromatic heterocycles. The van der Waals surface area contributed by atoms with E-state index in [1.54, 1.807) is 18.2 Å². The SMILES string of the molecule is Oc1ccccc1C=NNc1cccc(C(F)(F)F)c1. The van der Waals surface area contributed by atoms with Gasteiger partial charge in [-0.05, 0) is 30.3 Å². The van der Waals surface area contributed by atoms with E-state index >= 15 is 0 Å². The smallest absolute Gasteiger partial charge is 0.416 e. The second-order valence-corrected chi connectivity index (χ2v) is 4.01. The average molecular weight is 280 g/mol. The Kier molecular flexibility index (Phi) is 3.93. The lowest BCUT2D eigenvalue weighted by Crippen LogP contribution is -2.05. The molecular formula is C14H11F3N2O. The first kappa shape index (κ1) is 13.9. The Balaban J connectivity index is 2.10. The number of phenolic OH excluding ortho intramolecular Hbond substituents is 1. The highest BCUT2D eigenvalue weighted by atomic mass is 19.4. The van der Waals surface area contributed by atoms with Gasteiger partial charge in [0.15, 0.2) is 0 Å². The number of para-hydroxylation sites is 1. The molecule has 2 aromatic rings. The maximum Gasteiger partial charge on any atom is 0.416 e. The summed E-state index contributed by atoms with van der Waals surface area (Å²) in [6.45, 7) is 0. The zero-order chi connectivity index (χ0) is 14.6. The van der Waals surface area contributed by atoms with Gasteiger partial charge in [-0.1, -0.05) is 18.2 Å². The molecule has 6 heteroatoms. The number of nitrogens with zero attached hydrogens (tertiary/aromatic N) is 1. The zero-order valence-electron chi connectivity index (χ0n) is 10.2. The number of aromatic hydroxyl groups is 1. The van der Waals surface area contributed by atoms with Crippen LogP contribution in [0.1, 0.15) is 11.1 Å². The van der Waals surface area contributed by atoms with Gasteiger partial charge in [-0.15, -0.1) is 0 Å². The second-order valence-electron chi connectivity index (χ2n) is 4.01. The van der Waals surface area contributed by atoms with Crippen molar-refractivity contribution in [1.82, 2.24) is 0 Å². The lowest BCUT2D eigenvalue weighted by atomic mass is 10.2. The Hall–Kier alpha value is -2.50. The minimum Gasteiger partial charge on any atom is -0.507 e. The Morgan fingerprint density at radius 3 is 2.50 bits per heavy atom. The molecule has 0 bridgehead atoms. The number of halogens is 3. The van der Waals surface area contributed by atoms with Gasteiger partial charge in [-0.2, -0.15) is 18.3 Å². The van der Waals surface area contributed by atoms with Crippen molar-refractivity contribution in [2.24, 2.45) is 5.10 Å². The lowest BCUT2D eigenvalue weighted by molar-refractivity contribution is -0.137. The van der Waals surface area contributed by atoms with Crippen molar-refractivity contribution < 1.29 is 18.3 Å². The van der Waals surface area contributed by atoms with Gasteiger partial charge in [0.1, 0.15) is 5.75 Å². The van der Waals surface area contributed by atoms with Crippen molar-refractivity contribution in [1.29, 1.82) is 0 Å². The first-order valence-corrected chi connectivity index (χ1v) is 5.71. The number of alkyl halides is 3. The molecule has 0 saturated carbocycles. The number of nitrogens with one attached hydrogen (secondary N) is 1. The molecule has 2 rings (SSSR count). The minimum atomic E-state index is -4.39. The normalized spacial score (nSPS) is 11.8. The lowest BCUT2D eigenvalue weighted by Gasteiger charge is -2.08. The maximum absolute atomic E-state index is 12.5. The zero-order valence-corrected chi connectivity index (χ0v) is 10.2. The predicted octanol–water partition coefficient (Wildman–Crippen LogP) is 3.86. The standard InChI is InChI=1S/C14H11F3N2O/c15-14(16,17)11-5-3-6-12(8-11)19-18-9-10-4-1-2-7-13(10)20/h1-9,19-20H. The van der Waals surface area contributed by atoms with E-state index in [1.165, 1.54) is 24.4 Å². The van der Waals surface area contributed by atoms with E-state index in [-0.39, 0.29) is 11.4 Å². The van der Waals surface area contributed by atoms with Gasteiger partial charge in [0.05, 0.1) is 17.5 Å². The van der Waals surface area contributed by atoms with Crippen LogP contribution in [-0.2, 0) is 6.18 Å². The fourth-order valence-electron chi connectivity index (χ4n) is 1.54. The predicted molar refractivity (Wildman–Crippen MR) is 70.8 cm³/mol. The highest BCUT2D eigenvalue weighted by Gasteiger charge is 2.30. The van der Waals surface area contributed by atoms with E-state index in [4.69, 9.17) is 0 Å². The minimum absolute atomic E-state index is 0.0436. The largest absolute Gasteiger partial charge is 0.507 e. The van der Waals surface area contributed by atoms with Crippen LogP contribution in [0, 0.1) is 0 Å². The number of hydrazone groups is 1. The molecule has 0 heterocycles. The van der Waals surface area contributed by atoms with Gasteiger partial charge in [0.2, 0.25) is 0 Å². The third-order valence-electron chi connectivity index (χ3n) is 2.52. The van der Waals surface area contributed by atoms with Crippen LogP contribution in [0.5, 0.6) is 5.75 Å². The van der Waals surface area contributed by atoms with Crippen LogP contribution in [0.3, 0.4) is 0 Å². The third kappa shape index (κ3) is 3.50. The summed E-state index contributed by atoms with van der Waals surface area (Å²) < 4.78 is 37.5. The molecule has 0 fully saturated rings. The highest BCUT2D eigenvalue weighted by molar-refractivity contribution is 5.83. The fourth-order valence-corrected chi connectivity index (χ4v) is 1.54. The summed E-state index contributed by atoms with van der Waals surface area (Å²) in [4.78, 5) is 0. The Bertz CT molecular complexity index is 624. The van der Waals surface area contributed by atoms with Gasteiger partial charge >= 0.3 is 6.18 Å². The van der Waals surface area contributed by atoms with Crippen molar-refractivity contribution in [2.75, 3.05) is 5.43 Å². The molecule has 0 aliphatic carbocycles. The van der Waals surface area contributed by atoms with Gasteiger partial charge < -0.3 is 5.11 Å². The molecule has 0 spiro atoms. The summed E-state index contributed by atoms with van der Waals surface area (Å²) >= 11 is 0. The van der Waals surface area contributed by atoms with Crippen LogP contribution in [0.4, 0.5) is 18.9 Å². The number of rotatable bonds is 3. The van der Waals surface area contributed by atoms with Gasteiger partial charge in [0, 0.05) is 5.56 Å². The quantitative estimate of drug-likeness (QED) is 0.662. The van der Waals surface area contributed by atoms with E-state index in [0.717, 1.165) is 12.1 Å². The number of benzene rings is 2. The van der Waals surface area contributed by atoms with Gasteiger partial charge in [-0.3, -0.25) is 5.43 Å². The van der Waals surface area contributed by atoms with Crippen LogP contribution in [0.25, 0.3) is 0 Å². The molecule has 0 aliphatic rings. The topological polar surface area (TPSA) is 44.6 Å². The first-order valence-electron chi connectivity index (χ1n) is 5.71. The van der Waals surface area contributed by atoms with Crippen molar-refractivity contribution in [3.8, 4) is 5.75 Å². The molecule has 104 valence electrons. The molecule has 0 saturated heterocycles. The molecule has 2 N–H and O–H groups in total. The maximum atomic E-state index is 12.5. The molecule has 0 aliphatic heterocycles. The summed E-state index contributed by atoms with van der Waals surface area (Å²) in [5.41, 5.74) is 2.42. The Morgan fingerprint density at radius 1 is 1.05 bits per heavy atom. The van der Waals surface area contributed by atoms with Crippen molar-refractivity contribution in [2.45, 2.75) is 6.18 Å². The molecule has 0 atom stereocenters. The molecule has 0 unspecified atom stereocenters. The van der Waals surface area contributed by atoms with Crippen LogP contribution >= 0.6 is 0 Å². The molecule has 0 radical (unpaired) electrons. The highest BCUT2D eigenvalue weighted by Crippen LogP contribution is 2.30. The van der Waals surface area contributed by atoms with Crippen LogP contribution in [0.2, 0.25) is 0 Å². The molecule has 3 nitrogen and oxygen atoms in total. The van der Waals surface area contributed by atoms with E-state index in [0.29, 0.717) is 5.56 Å². The van der Waals surface area contributed by atoms with Gasteiger partial charge in [-0.25, -0.2) is 0 Å². The first-order chi connectivity index (χ1) is 9.47. The Labute approximate surface area is 113 Å². The second kappa shape index (κ2) is 5.64. The van der Waals surface area contributed by atoms with E-state index in [9.17, 15) is 18.3 Å². The monoisotopic (exact) mass is 280 g/mol. The summed E-state index contributed by atoms with van der Waals surface area (Å²) in [7, 11) is 0. The number of hydrogen-bond acceptors (Lipinski definition) is 3. The number of phenols is 1.